The highest BCUT2D eigenvalue weighted by Crippen LogP contribution is 2.13. The van der Waals surface area contributed by atoms with Crippen LogP contribution in [0.25, 0.3) is 0 Å². The number of benzene rings is 1. The van der Waals surface area contributed by atoms with Gasteiger partial charge in [-0.05, 0) is 28.1 Å². The summed E-state index contributed by atoms with van der Waals surface area (Å²) >= 11 is 6.08. The number of ether oxygens (including phenoxy) is 1. The smallest absolute Gasteiger partial charge is 0.268 e. The summed E-state index contributed by atoms with van der Waals surface area (Å²) in [7, 11) is 0. The van der Waals surface area contributed by atoms with Crippen molar-refractivity contribution >= 4 is 17.7 Å². The Labute approximate surface area is 160 Å². The number of rotatable bonds is 8. The van der Waals surface area contributed by atoms with Gasteiger partial charge in [-0.25, -0.2) is 19.1 Å². The van der Waals surface area contributed by atoms with Crippen molar-refractivity contribution in [3.63, 3.8) is 0 Å². The molecule has 2 heterocycles. The quantitative estimate of drug-likeness (QED) is 0.561. The van der Waals surface area contributed by atoms with Crippen LogP contribution >= 0.6 is 11.8 Å². The van der Waals surface area contributed by atoms with E-state index < -0.39 is 0 Å². The summed E-state index contributed by atoms with van der Waals surface area (Å²) in [5.74, 6) is 0.0987. The van der Waals surface area contributed by atoms with Crippen molar-refractivity contribution in [3.8, 4) is 5.88 Å². The lowest BCUT2D eigenvalue weighted by Crippen LogP contribution is -2.25. The van der Waals surface area contributed by atoms with Crippen LogP contribution in [0.4, 0.5) is 0 Å². The van der Waals surface area contributed by atoms with Crippen LogP contribution in [0, 0.1) is 0 Å². The molecule has 0 saturated carbocycles. The molecule has 27 heavy (non-hydrogen) atoms. The molecule has 2 aromatic heterocycles. The molecule has 0 fully saturated rings. The number of hydrogen-bond acceptors (Lipinski definition) is 8. The molecular weight excluding hydrogens is 372 g/mol. The Bertz CT molecular complexity index is 890. The van der Waals surface area contributed by atoms with Crippen molar-refractivity contribution in [1.29, 1.82) is 0 Å². The molecule has 1 aromatic carbocycles. The molecule has 3 rings (SSSR count). The van der Waals surface area contributed by atoms with E-state index in [2.05, 4.69) is 25.5 Å². The van der Waals surface area contributed by atoms with Crippen molar-refractivity contribution in [1.82, 2.24) is 34.6 Å². The average molecular weight is 389 g/mol. The number of amides is 1. The number of nitrogens with zero attached hydrogens (tertiary/aromatic N) is 7. The van der Waals surface area contributed by atoms with Gasteiger partial charge in [-0.3, -0.25) is 4.79 Å². The first-order valence-electron chi connectivity index (χ1n) is 8.07. The van der Waals surface area contributed by atoms with Crippen LogP contribution in [-0.4, -0.2) is 47.0 Å². The van der Waals surface area contributed by atoms with Crippen LogP contribution in [0.15, 0.2) is 43.0 Å². The third kappa shape index (κ3) is 5.19. The first-order chi connectivity index (χ1) is 13.2. The van der Waals surface area contributed by atoms with E-state index in [4.69, 9.17) is 22.2 Å². The molecule has 140 valence electrons. The highest BCUT2D eigenvalue weighted by atomic mass is 35.5. The summed E-state index contributed by atoms with van der Waals surface area (Å²) < 4.78 is 8.22. The van der Waals surface area contributed by atoms with E-state index in [1.165, 1.54) is 17.3 Å². The van der Waals surface area contributed by atoms with E-state index >= 15 is 0 Å². The van der Waals surface area contributed by atoms with Crippen LogP contribution in [0.2, 0.25) is 0 Å². The molecule has 0 atom stereocenters. The fourth-order valence-electron chi connectivity index (χ4n) is 2.23. The third-order valence-corrected chi connectivity index (χ3v) is 3.93. The van der Waals surface area contributed by atoms with Gasteiger partial charge in [0.15, 0.2) is 0 Å². The van der Waals surface area contributed by atoms with E-state index in [0.29, 0.717) is 30.2 Å². The van der Waals surface area contributed by atoms with Crippen LogP contribution < -0.4 is 10.5 Å². The largest absolute Gasteiger partial charge is 0.473 e. The molecule has 3 aromatic rings. The molecule has 0 saturated heterocycles. The van der Waals surface area contributed by atoms with Gasteiger partial charge in [-0.2, -0.15) is 0 Å². The van der Waals surface area contributed by atoms with Gasteiger partial charge >= 0.3 is 0 Å². The fourth-order valence-corrected chi connectivity index (χ4v) is 2.41. The zero-order chi connectivity index (χ0) is 19.1. The number of carbonyl (C=O) groups excluding carboxylic acids is 1. The van der Waals surface area contributed by atoms with Gasteiger partial charge in [0.1, 0.15) is 19.3 Å². The Kier molecular flexibility index (Phi) is 6.23. The third-order valence-electron chi connectivity index (χ3n) is 3.61. The van der Waals surface area contributed by atoms with Crippen molar-refractivity contribution in [2.45, 2.75) is 19.7 Å². The van der Waals surface area contributed by atoms with Crippen LogP contribution in [-0.2, 0) is 19.7 Å². The number of carbonyl (C=O) groups is 1. The molecule has 0 aliphatic carbocycles. The summed E-state index contributed by atoms with van der Waals surface area (Å²) in [5, 5.41) is 10.8. The highest BCUT2D eigenvalue weighted by Gasteiger charge is 2.14. The summed E-state index contributed by atoms with van der Waals surface area (Å²) in [5.41, 5.74) is 7.49. The zero-order valence-electron chi connectivity index (χ0n) is 14.3. The van der Waals surface area contributed by atoms with Gasteiger partial charge in [-0.15, -0.1) is 5.10 Å². The SMILES string of the molecule is NCc1cc(OCc2cccc(C(=O)N(Cl)CCn3cnnn3)c2)ncn1. The second-order valence-electron chi connectivity index (χ2n) is 5.50. The van der Waals surface area contributed by atoms with E-state index in [1.54, 1.807) is 24.3 Å². The van der Waals surface area contributed by atoms with Gasteiger partial charge in [0.25, 0.3) is 5.91 Å². The van der Waals surface area contributed by atoms with Crippen molar-refractivity contribution < 1.29 is 9.53 Å². The van der Waals surface area contributed by atoms with Crippen LogP contribution in [0.5, 0.6) is 5.88 Å². The Hall–Kier alpha value is -3.11. The first kappa shape index (κ1) is 18.7. The molecule has 0 bridgehead atoms. The predicted octanol–water partition coefficient (Wildman–Crippen LogP) is 0.797. The minimum Gasteiger partial charge on any atom is -0.473 e. The topological polar surface area (TPSA) is 125 Å². The molecule has 10 nitrogen and oxygen atoms in total. The molecule has 0 spiro atoms. The van der Waals surface area contributed by atoms with Crippen molar-refractivity contribution in [3.05, 3.63) is 59.8 Å². The minimum atomic E-state index is -0.320. The Morgan fingerprint density at radius 1 is 1.30 bits per heavy atom. The first-order valence-corrected chi connectivity index (χ1v) is 8.40. The Morgan fingerprint density at radius 2 is 2.19 bits per heavy atom. The number of nitrogens with two attached hydrogens (primary N) is 1. The van der Waals surface area contributed by atoms with Crippen LogP contribution in [0.3, 0.4) is 0 Å². The minimum absolute atomic E-state index is 0.245. The number of tetrazole rings is 1. The standard InChI is InChI=1S/C16H17ClN8O2/c17-25(5-4-24-11-21-22-23-24)16(26)13-3-1-2-12(6-13)9-27-15-7-14(8-18)19-10-20-15/h1-3,6-7,10-11H,4-5,8-9,18H2. The lowest BCUT2D eigenvalue weighted by molar-refractivity contribution is 0.0859. The summed E-state index contributed by atoms with van der Waals surface area (Å²) in [6.07, 6.45) is 2.85. The van der Waals surface area contributed by atoms with E-state index in [9.17, 15) is 4.79 Å². The maximum Gasteiger partial charge on any atom is 0.268 e. The Morgan fingerprint density at radius 3 is 2.96 bits per heavy atom. The van der Waals surface area contributed by atoms with Gasteiger partial charge in [0.05, 0.1) is 18.8 Å². The van der Waals surface area contributed by atoms with Crippen molar-refractivity contribution in [2.75, 3.05) is 6.54 Å². The van der Waals surface area contributed by atoms with Gasteiger partial charge in [0.2, 0.25) is 5.88 Å². The van der Waals surface area contributed by atoms with Gasteiger partial charge in [0, 0.05) is 30.0 Å². The molecule has 11 heteroatoms. The predicted molar refractivity (Wildman–Crippen MR) is 95.4 cm³/mol. The molecule has 0 unspecified atom stereocenters. The molecule has 1 amide bonds. The monoisotopic (exact) mass is 388 g/mol. The Balaban J connectivity index is 1.59. The summed E-state index contributed by atoms with van der Waals surface area (Å²) in [6.45, 7) is 1.20. The molecule has 0 radical (unpaired) electrons. The lowest BCUT2D eigenvalue weighted by Gasteiger charge is -2.14. The number of aromatic nitrogens is 6. The van der Waals surface area contributed by atoms with Gasteiger partial charge in [-0.1, -0.05) is 12.1 Å². The zero-order valence-corrected chi connectivity index (χ0v) is 15.0. The second-order valence-corrected chi connectivity index (χ2v) is 5.91. The summed E-state index contributed by atoms with van der Waals surface area (Å²) in [4.78, 5) is 20.5. The van der Waals surface area contributed by atoms with Crippen molar-refractivity contribution in [2.24, 2.45) is 5.73 Å². The number of hydrogen-bond donors (Lipinski definition) is 1. The van der Waals surface area contributed by atoms with E-state index in [1.807, 2.05) is 6.07 Å². The molecular formula is C16H17ClN8O2. The lowest BCUT2D eigenvalue weighted by atomic mass is 10.1. The van der Waals surface area contributed by atoms with Crippen LogP contribution in [0.1, 0.15) is 21.6 Å². The highest BCUT2D eigenvalue weighted by molar-refractivity contribution is 6.24. The van der Waals surface area contributed by atoms with E-state index in [-0.39, 0.29) is 19.1 Å². The average Bonchev–Trinajstić information content (AvgIpc) is 3.24. The maximum absolute atomic E-state index is 12.5. The maximum atomic E-state index is 12.5. The molecule has 0 aliphatic heterocycles. The molecule has 2 N–H and O–H groups in total. The summed E-state index contributed by atoms with van der Waals surface area (Å²) in [6, 6.07) is 8.70. The molecule has 0 aliphatic rings. The fraction of sp³-hybridized carbons (Fsp3) is 0.250. The van der Waals surface area contributed by atoms with E-state index in [0.717, 1.165) is 9.98 Å². The van der Waals surface area contributed by atoms with Gasteiger partial charge < -0.3 is 10.5 Å². The number of halogens is 1. The normalized spacial score (nSPS) is 10.6. The second kappa shape index (κ2) is 9.01.